The Hall–Kier alpha value is -2.31. The van der Waals surface area contributed by atoms with Crippen LogP contribution in [-0.2, 0) is 11.3 Å². The molecule has 2 aromatic carbocycles. The van der Waals surface area contributed by atoms with Gasteiger partial charge >= 0.3 is 5.69 Å². The van der Waals surface area contributed by atoms with E-state index in [1.165, 1.54) is 23.1 Å². The van der Waals surface area contributed by atoms with Crippen LogP contribution in [0.5, 0.6) is 5.75 Å². The molecule has 0 atom stereocenters. The lowest BCUT2D eigenvalue weighted by molar-refractivity contribution is -0.385. The molecule has 0 saturated carbocycles. The van der Waals surface area contributed by atoms with E-state index in [2.05, 4.69) is 0 Å². The van der Waals surface area contributed by atoms with E-state index in [-0.39, 0.29) is 29.0 Å². The standard InChI is InChI=1S/C16H14Cl2N2O4/c1-19(9-11-2-4-12(17)5-3-11)16(21)10-24-15-7-6-13(18)8-14(15)20(22)23/h2-8H,9-10H2,1H3. The van der Waals surface area contributed by atoms with Crippen molar-refractivity contribution in [2.75, 3.05) is 13.7 Å². The molecule has 0 aromatic heterocycles. The van der Waals surface area contributed by atoms with Crippen LogP contribution >= 0.6 is 23.2 Å². The van der Waals surface area contributed by atoms with Gasteiger partial charge in [0, 0.05) is 29.7 Å². The van der Waals surface area contributed by atoms with Crippen LogP contribution < -0.4 is 4.74 Å². The first-order valence-corrected chi connectivity index (χ1v) is 7.67. The average Bonchev–Trinajstić information content (AvgIpc) is 2.55. The molecule has 0 aliphatic heterocycles. The number of carbonyl (C=O) groups is 1. The van der Waals surface area contributed by atoms with Crippen LogP contribution in [-0.4, -0.2) is 29.4 Å². The van der Waals surface area contributed by atoms with Gasteiger partial charge in [-0.2, -0.15) is 0 Å². The Morgan fingerprint density at radius 1 is 1.17 bits per heavy atom. The summed E-state index contributed by atoms with van der Waals surface area (Å²) in [5.74, 6) is -0.313. The van der Waals surface area contributed by atoms with Crippen LogP contribution in [0, 0.1) is 10.1 Å². The van der Waals surface area contributed by atoms with Crippen LogP contribution in [0.1, 0.15) is 5.56 Å². The molecule has 0 saturated heterocycles. The van der Waals surface area contributed by atoms with Gasteiger partial charge in [0.25, 0.3) is 5.91 Å². The van der Waals surface area contributed by atoms with Gasteiger partial charge in [-0.1, -0.05) is 35.3 Å². The van der Waals surface area contributed by atoms with E-state index in [0.717, 1.165) is 5.56 Å². The number of nitro benzene ring substituents is 1. The minimum atomic E-state index is -0.608. The summed E-state index contributed by atoms with van der Waals surface area (Å²) in [5, 5.41) is 11.8. The van der Waals surface area contributed by atoms with Gasteiger partial charge in [-0.25, -0.2) is 0 Å². The number of hydrogen-bond donors (Lipinski definition) is 0. The van der Waals surface area contributed by atoms with Gasteiger partial charge in [0.15, 0.2) is 12.4 Å². The molecule has 126 valence electrons. The third-order valence-electron chi connectivity index (χ3n) is 3.23. The van der Waals surface area contributed by atoms with Crippen LogP contribution in [0.15, 0.2) is 42.5 Å². The molecule has 1 amide bonds. The minimum Gasteiger partial charge on any atom is -0.477 e. The molecule has 6 nitrogen and oxygen atoms in total. The SMILES string of the molecule is CN(Cc1ccc(Cl)cc1)C(=O)COc1ccc(Cl)cc1[N+](=O)[O-]. The fourth-order valence-corrected chi connectivity index (χ4v) is 2.25. The fourth-order valence-electron chi connectivity index (χ4n) is 1.96. The van der Waals surface area contributed by atoms with E-state index < -0.39 is 4.92 Å². The van der Waals surface area contributed by atoms with Crippen LogP contribution in [0.3, 0.4) is 0 Å². The van der Waals surface area contributed by atoms with Crippen molar-refractivity contribution >= 4 is 34.8 Å². The summed E-state index contributed by atoms with van der Waals surface area (Å²) >= 11 is 11.5. The van der Waals surface area contributed by atoms with E-state index >= 15 is 0 Å². The monoisotopic (exact) mass is 368 g/mol. The smallest absolute Gasteiger partial charge is 0.312 e. The van der Waals surface area contributed by atoms with Crippen molar-refractivity contribution in [1.29, 1.82) is 0 Å². The average molecular weight is 369 g/mol. The first kappa shape index (κ1) is 18.0. The molecular weight excluding hydrogens is 355 g/mol. The van der Waals surface area contributed by atoms with E-state index in [1.54, 1.807) is 19.2 Å². The van der Waals surface area contributed by atoms with Gasteiger partial charge < -0.3 is 9.64 Å². The van der Waals surface area contributed by atoms with Gasteiger partial charge in [-0.3, -0.25) is 14.9 Å². The lowest BCUT2D eigenvalue weighted by Gasteiger charge is -2.17. The van der Waals surface area contributed by atoms with E-state index in [1.807, 2.05) is 12.1 Å². The van der Waals surface area contributed by atoms with Crippen LogP contribution in [0.2, 0.25) is 10.0 Å². The molecule has 0 aliphatic rings. The highest BCUT2D eigenvalue weighted by Gasteiger charge is 2.18. The molecule has 0 bridgehead atoms. The van der Waals surface area contributed by atoms with Gasteiger partial charge in [0.1, 0.15) is 0 Å². The number of benzene rings is 2. The highest BCUT2D eigenvalue weighted by atomic mass is 35.5. The van der Waals surface area contributed by atoms with Gasteiger partial charge in [0.05, 0.1) is 4.92 Å². The highest BCUT2D eigenvalue weighted by molar-refractivity contribution is 6.31. The van der Waals surface area contributed by atoms with Gasteiger partial charge in [-0.15, -0.1) is 0 Å². The molecule has 8 heteroatoms. The molecule has 0 N–H and O–H groups in total. The van der Waals surface area contributed by atoms with E-state index in [0.29, 0.717) is 11.6 Å². The Kier molecular flexibility index (Phi) is 6.00. The Morgan fingerprint density at radius 2 is 1.79 bits per heavy atom. The minimum absolute atomic E-state index is 0.00218. The third-order valence-corrected chi connectivity index (χ3v) is 3.71. The molecule has 0 heterocycles. The zero-order valence-electron chi connectivity index (χ0n) is 12.7. The second-order valence-corrected chi connectivity index (χ2v) is 5.91. The Labute approximate surface area is 148 Å². The summed E-state index contributed by atoms with van der Waals surface area (Å²) in [7, 11) is 1.62. The molecule has 0 radical (unpaired) electrons. The largest absolute Gasteiger partial charge is 0.477 e. The molecule has 24 heavy (non-hydrogen) atoms. The first-order valence-electron chi connectivity index (χ1n) is 6.92. The normalized spacial score (nSPS) is 10.3. The third kappa shape index (κ3) is 4.84. The van der Waals surface area contributed by atoms with Gasteiger partial charge in [-0.05, 0) is 29.8 Å². The van der Waals surface area contributed by atoms with Gasteiger partial charge in [0.2, 0.25) is 0 Å². The number of amides is 1. The second-order valence-electron chi connectivity index (χ2n) is 5.03. The quantitative estimate of drug-likeness (QED) is 0.571. The van der Waals surface area contributed by atoms with Crippen molar-refractivity contribution < 1.29 is 14.5 Å². The van der Waals surface area contributed by atoms with Crippen molar-refractivity contribution in [3.8, 4) is 5.75 Å². The predicted octanol–water partition coefficient (Wildman–Crippen LogP) is 3.94. The number of ether oxygens (including phenoxy) is 1. The molecule has 0 aliphatic carbocycles. The van der Waals surface area contributed by atoms with Crippen molar-refractivity contribution in [2.45, 2.75) is 6.54 Å². The maximum absolute atomic E-state index is 12.1. The summed E-state index contributed by atoms with van der Waals surface area (Å²) in [5.41, 5.74) is 0.628. The molecule has 2 aromatic rings. The topological polar surface area (TPSA) is 72.7 Å². The molecule has 0 spiro atoms. The number of nitro groups is 1. The van der Waals surface area contributed by atoms with Crippen molar-refractivity contribution in [3.05, 3.63) is 68.2 Å². The van der Waals surface area contributed by atoms with E-state index in [4.69, 9.17) is 27.9 Å². The number of nitrogens with zero attached hydrogens (tertiary/aromatic N) is 2. The fraction of sp³-hybridized carbons (Fsp3) is 0.188. The molecule has 2 rings (SSSR count). The molecule has 0 fully saturated rings. The number of rotatable bonds is 6. The van der Waals surface area contributed by atoms with E-state index in [9.17, 15) is 14.9 Å². The summed E-state index contributed by atoms with van der Waals surface area (Å²) in [4.78, 5) is 24.0. The number of carbonyl (C=O) groups excluding carboxylic acids is 1. The lowest BCUT2D eigenvalue weighted by Crippen LogP contribution is -2.31. The molecule has 0 unspecified atom stereocenters. The molecular formula is C16H14Cl2N2O4. The maximum atomic E-state index is 12.1. The van der Waals surface area contributed by atoms with Crippen LogP contribution in [0.4, 0.5) is 5.69 Å². The maximum Gasteiger partial charge on any atom is 0.312 e. The number of likely N-dealkylation sites (N-methyl/N-ethyl adjacent to an activating group) is 1. The summed E-state index contributed by atoms with van der Waals surface area (Å²) < 4.78 is 5.28. The number of hydrogen-bond acceptors (Lipinski definition) is 4. The van der Waals surface area contributed by atoms with Crippen LogP contribution in [0.25, 0.3) is 0 Å². The Balaban J connectivity index is 1.97. The number of halogens is 2. The Bertz CT molecular complexity index is 750. The Morgan fingerprint density at radius 3 is 2.42 bits per heavy atom. The lowest BCUT2D eigenvalue weighted by atomic mass is 10.2. The van der Waals surface area contributed by atoms with Crippen molar-refractivity contribution in [2.24, 2.45) is 0 Å². The first-order chi connectivity index (χ1) is 11.4. The second kappa shape index (κ2) is 7.99. The predicted molar refractivity (Wildman–Crippen MR) is 91.5 cm³/mol. The zero-order valence-corrected chi connectivity index (χ0v) is 14.3. The van der Waals surface area contributed by atoms with Crippen molar-refractivity contribution in [1.82, 2.24) is 4.90 Å². The zero-order chi connectivity index (χ0) is 17.7. The summed E-state index contributed by atoms with van der Waals surface area (Å²) in [6.07, 6.45) is 0. The van der Waals surface area contributed by atoms with Crippen molar-refractivity contribution in [3.63, 3.8) is 0 Å². The highest BCUT2D eigenvalue weighted by Crippen LogP contribution is 2.29. The summed E-state index contributed by atoms with van der Waals surface area (Å²) in [6, 6.07) is 11.1. The summed E-state index contributed by atoms with van der Waals surface area (Å²) in [6.45, 7) is 0.0641.